The first-order valence-electron chi connectivity index (χ1n) is 8.51. The molecule has 0 radical (unpaired) electrons. The smallest absolute Gasteiger partial charge is 0.416 e. The van der Waals surface area contributed by atoms with Gasteiger partial charge in [0.2, 0.25) is 0 Å². The zero-order valence-corrected chi connectivity index (χ0v) is 15.6. The number of ether oxygens (including phenoxy) is 1. The van der Waals surface area contributed by atoms with Crippen molar-refractivity contribution in [3.8, 4) is 11.1 Å². The van der Waals surface area contributed by atoms with Gasteiger partial charge in [-0.3, -0.25) is 0 Å². The lowest BCUT2D eigenvalue weighted by atomic mass is 9.84. The van der Waals surface area contributed by atoms with Crippen LogP contribution in [0.4, 0.5) is 13.2 Å². The van der Waals surface area contributed by atoms with Crippen LogP contribution in [-0.4, -0.2) is 26.2 Å². The Bertz CT molecular complexity index is 785. The standard InChI is InChI=1S/C20H20F3NO2.ClH/c1-26-19(25)15-4-2-13(3-5-15)18-12-16(20(21,22)23)6-7-17(18)14-8-10-24-11-9-14;/h2-7,12,14,24H,8-11H2,1H3;1H. The summed E-state index contributed by atoms with van der Waals surface area (Å²) in [7, 11) is 1.29. The van der Waals surface area contributed by atoms with Crippen molar-refractivity contribution in [2.24, 2.45) is 0 Å². The van der Waals surface area contributed by atoms with Crippen molar-refractivity contribution >= 4 is 18.4 Å². The average Bonchev–Trinajstić information content (AvgIpc) is 2.67. The maximum absolute atomic E-state index is 13.2. The van der Waals surface area contributed by atoms with Crippen molar-refractivity contribution in [1.29, 1.82) is 0 Å². The van der Waals surface area contributed by atoms with Crippen LogP contribution in [0.1, 0.15) is 40.2 Å². The first-order chi connectivity index (χ1) is 12.4. The summed E-state index contributed by atoms with van der Waals surface area (Å²) in [6, 6.07) is 10.5. The average molecular weight is 400 g/mol. The molecule has 0 unspecified atom stereocenters. The van der Waals surface area contributed by atoms with Crippen molar-refractivity contribution in [2.45, 2.75) is 24.9 Å². The highest BCUT2D eigenvalue weighted by molar-refractivity contribution is 5.90. The minimum Gasteiger partial charge on any atom is -0.465 e. The zero-order valence-electron chi connectivity index (χ0n) is 14.8. The molecule has 1 N–H and O–H groups in total. The van der Waals surface area contributed by atoms with E-state index in [1.54, 1.807) is 30.3 Å². The van der Waals surface area contributed by atoms with E-state index in [0.29, 0.717) is 16.7 Å². The highest BCUT2D eigenvalue weighted by atomic mass is 35.5. The highest BCUT2D eigenvalue weighted by Gasteiger charge is 2.32. The van der Waals surface area contributed by atoms with E-state index in [1.807, 2.05) is 0 Å². The Morgan fingerprint density at radius 3 is 2.26 bits per heavy atom. The van der Waals surface area contributed by atoms with Gasteiger partial charge in [0.1, 0.15) is 0 Å². The number of esters is 1. The largest absolute Gasteiger partial charge is 0.465 e. The number of halogens is 4. The molecule has 0 amide bonds. The molecule has 0 aliphatic carbocycles. The lowest BCUT2D eigenvalue weighted by Gasteiger charge is -2.26. The van der Waals surface area contributed by atoms with Crippen molar-refractivity contribution < 1.29 is 22.7 Å². The Balaban J connectivity index is 0.00000261. The van der Waals surface area contributed by atoms with Crippen molar-refractivity contribution in [3.05, 3.63) is 59.2 Å². The Hall–Kier alpha value is -2.05. The van der Waals surface area contributed by atoms with E-state index in [9.17, 15) is 18.0 Å². The quantitative estimate of drug-likeness (QED) is 0.734. The second-order valence-corrected chi connectivity index (χ2v) is 6.39. The summed E-state index contributed by atoms with van der Waals surface area (Å²) in [6.07, 6.45) is -2.62. The molecule has 0 bridgehead atoms. The van der Waals surface area contributed by atoms with Crippen LogP contribution in [-0.2, 0) is 10.9 Å². The van der Waals surface area contributed by atoms with Crippen molar-refractivity contribution in [2.75, 3.05) is 20.2 Å². The van der Waals surface area contributed by atoms with E-state index >= 15 is 0 Å². The van der Waals surface area contributed by atoms with Gasteiger partial charge in [-0.05, 0) is 72.8 Å². The number of benzene rings is 2. The number of methoxy groups -OCH3 is 1. The number of carbonyl (C=O) groups is 1. The SMILES string of the molecule is COC(=O)c1ccc(-c2cc(C(F)(F)F)ccc2C2CCNCC2)cc1.Cl. The molecule has 2 aromatic rings. The minimum absolute atomic E-state index is 0. The van der Waals surface area contributed by atoms with Gasteiger partial charge in [0.05, 0.1) is 18.2 Å². The third kappa shape index (κ3) is 4.82. The van der Waals surface area contributed by atoms with Crippen molar-refractivity contribution in [3.63, 3.8) is 0 Å². The van der Waals surface area contributed by atoms with Crippen LogP contribution in [0.15, 0.2) is 42.5 Å². The molecule has 1 saturated heterocycles. The van der Waals surface area contributed by atoms with Gasteiger partial charge in [-0.1, -0.05) is 18.2 Å². The van der Waals surface area contributed by atoms with E-state index in [4.69, 9.17) is 0 Å². The van der Waals surface area contributed by atoms with Gasteiger partial charge in [-0.25, -0.2) is 4.79 Å². The van der Waals surface area contributed by atoms with Crippen molar-refractivity contribution in [1.82, 2.24) is 5.32 Å². The molecule has 1 heterocycles. The zero-order chi connectivity index (χ0) is 18.7. The molecule has 0 aromatic heterocycles. The molecule has 0 spiro atoms. The van der Waals surface area contributed by atoms with Crippen LogP contribution in [0.2, 0.25) is 0 Å². The molecule has 1 aliphatic rings. The van der Waals surface area contributed by atoms with Gasteiger partial charge in [-0.2, -0.15) is 13.2 Å². The third-order valence-corrected chi connectivity index (χ3v) is 4.78. The predicted octanol–water partition coefficient (Wildman–Crippen LogP) is 5.05. The highest BCUT2D eigenvalue weighted by Crippen LogP contribution is 2.38. The van der Waals surface area contributed by atoms with Gasteiger partial charge in [-0.15, -0.1) is 12.4 Å². The number of rotatable bonds is 3. The van der Waals surface area contributed by atoms with Gasteiger partial charge < -0.3 is 10.1 Å². The summed E-state index contributed by atoms with van der Waals surface area (Å²) in [5.74, 6) is -0.256. The van der Waals surface area contributed by atoms with Crippen LogP contribution in [0.5, 0.6) is 0 Å². The minimum atomic E-state index is -4.40. The second-order valence-electron chi connectivity index (χ2n) is 6.39. The van der Waals surface area contributed by atoms with Crippen LogP contribution in [0.25, 0.3) is 11.1 Å². The molecule has 0 saturated carbocycles. The molecule has 3 nitrogen and oxygen atoms in total. The molecule has 146 valence electrons. The lowest BCUT2D eigenvalue weighted by molar-refractivity contribution is -0.137. The lowest BCUT2D eigenvalue weighted by Crippen LogP contribution is -2.27. The molecule has 1 aliphatic heterocycles. The maximum atomic E-state index is 13.2. The molecular formula is C20H21ClF3NO2. The van der Waals surface area contributed by atoms with Crippen LogP contribution < -0.4 is 5.32 Å². The first-order valence-corrected chi connectivity index (χ1v) is 8.51. The fourth-order valence-corrected chi connectivity index (χ4v) is 3.38. The summed E-state index contributed by atoms with van der Waals surface area (Å²) in [6.45, 7) is 1.71. The van der Waals surface area contributed by atoms with Gasteiger partial charge in [0.25, 0.3) is 0 Å². The summed E-state index contributed by atoms with van der Waals surface area (Å²) in [5, 5.41) is 3.27. The fraction of sp³-hybridized carbons (Fsp3) is 0.350. The normalized spacial score (nSPS) is 15.1. The number of piperidine rings is 1. The number of hydrogen-bond acceptors (Lipinski definition) is 3. The summed E-state index contributed by atoms with van der Waals surface area (Å²) in [5.41, 5.74) is 1.86. The number of nitrogens with one attached hydrogen (secondary N) is 1. The molecule has 27 heavy (non-hydrogen) atoms. The third-order valence-electron chi connectivity index (χ3n) is 4.78. The number of hydrogen-bond donors (Lipinski definition) is 1. The summed E-state index contributed by atoms with van der Waals surface area (Å²) in [4.78, 5) is 11.6. The summed E-state index contributed by atoms with van der Waals surface area (Å²) < 4.78 is 44.3. The van der Waals surface area contributed by atoms with E-state index in [0.717, 1.165) is 37.6 Å². The Kier molecular flexibility index (Phi) is 6.89. The fourth-order valence-electron chi connectivity index (χ4n) is 3.38. The maximum Gasteiger partial charge on any atom is 0.416 e. The Morgan fingerprint density at radius 1 is 1.07 bits per heavy atom. The van der Waals surface area contributed by atoms with Gasteiger partial charge >= 0.3 is 12.1 Å². The van der Waals surface area contributed by atoms with E-state index in [2.05, 4.69) is 10.1 Å². The van der Waals surface area contributed by atoms with E-state index < -0.39 is 17.7 Å². The van der Waals surface area contributed by atoms with Crippen LogP contribution >= 0.6 is 12.4 Å². The molecular weight excluding hydrogens is 379 g/mol. The van der Waals surface area contributed by atoms with Gasteiger partial charge in [0.15, 0.2) is 0 Å². The Labute approximate surface area is 162 Å². The monoisotopic (exact) mass is 399 g/mol. The van der Waals surface area contributed by atoms with Crippen LogP contribution in [0, 0.1) is 0 Å². The molecule has 3 rings (SSSR count). The van der Waals surface area contributed by atoms with E-state index in [1.165, 1.54) is 13.2 Å². The topological polar surface area (TPSA) is 38.3 Å². The first kappa shape index (κ1) is 21.3. The summed E-state index contributed by atoms with van der Waals surface area (Å²) >= 11 is 0. The Morgan fingerprint density at radius 2 is 1.70 bits per heavy atom. The number of alkyl halides is 3. The molecule has 0 atom stereocenters. The van der Waals surface area contributed by atoms with E-state index in [-0.39, 0.29) is 18.3 Å². The van der Waals surface area contributed by atoms with Crippen LogP contribution in [0.3, 0.4) is 0 Å². The predicted molar refractivity (Wildman–Crippen MR) is 100 cm³/mol. The number of carbonyl (C=O) groups excluding carboxylic acids is 1. The molecule has 1 fully saturated rings. The van der Waals surface area contributed by atoms with Gasteiger partial charge in [0, 0.05) is 0 Å². The molecule has 2 aromatic carbocycles. The second kappa shape index (κ2) is 8.76. The molecule has 7 heteroatoms.